The first kappa shape index (κ1) is 14.7. The molecule has 3 nitrogen and oxygen atoms in total. The predicted molar refractivity (Wildman–Crippen MR) is 83.5 cm³/mol. The van der Waals surface area contributed by atoms with Crippen molar-refractivity contribution in [2.75, 3.05) is 18.4 Å². The van der Waals surface area contributed by atoms with Gasteiger partial charge in [0.05, 0.1) is 12.0 Å². The van der Waals surface area contributed by atoms with Crippen molar-refractivity contribution in [2.24, 2.45) is 10.7 Å². The summed E-state index contributed by atoms with van der Waals surface area (Å²) in [7, 11) is 0. The van der Waals surface area contributed by atoms with Crippen molar-refractivity contribution < 1.29 is 4.39 Å². The zero-order valence-corrected chi connectivity index (χ0v) is 12.0. The summed E-state index contributed by atoms with van der Waals surface area (Å²) >= 11 is 0. The lowest BCUT2D eigenvalue weighted by molar-refractivity contribution is 0.703. The Morgan fingerprint density at radius 2 is 2.35 bits per heavy atom. The molecule has 3 N–H and O–H groups in total. The van der Waals surface area contributed by atoms with Gasteiger partial charge in [-0.05, 0) is 42.2 Å². The SMILES string of the molecule is CCCCC1=Nc2ccc(NC/C(=C\F)CN)cc2C1. The van der Waals surface area contributed by atoms with Gasteiger partial charge in [-0.15, -0.1) is 0 Å². The van der Waals surface area contributed by atoms with Crippen molar-refractivity contribution >= 4 is 17.1 Å². The molecule has 0 bridgehead atoms. The van der Waals surface area contributed by atoms with Gasteiger partial charge in [0.15, 0.2) is 0 Å². The van der Waals surface area contributed by atoms with E-state index in [0.29, 0.717) is 18.4 Å². The lowest BCUT2D eigenvalue weighted by atomic mass is 10.1. The highest BCUT2D eigenvalue weighted by molar-refractivity contribution is 5.94. The van der Waals surface area contributed by atoms with E-state index >= 15 is 0 Å². The number of nitrogens with zero attached hydrogens (tertiary/aromatic N) is 1. The number of halogens is 1. The summed E-state index contributed by atoms with van der Waals surface area (Å²) in [5, 5.41) is 3.20. The number of nitrogens with two attached hydrogens (primary N) is 1. The van der Waals surface area contributed by atoms with Crippen molar-refractivity contribution in [2.45, 2.75) is 32.6 Å². The van der Waals surface area contributed by atoms with Gasteiger partial charge < -0.3 is 11.1 Å². The minimum absolute atomic E-state index is 0.235. The summed E-state index contributed by atoms with van der Waals surface area (Å²) in [6.07, 6.45) is 4.98. The topological polar surface area (TPSA) is 50.4 Å². The fourth-order valence-electron chi connectivity index (χ4n) is 2.27. The molecule has 1 heterocycles. The van der Waals surface area contributed by atoms with Crippen molar-refractivity contribution in [1.82, 2.24) is 0 Å². The highest BCUT2D eigenvalue weighted by Crippen LogP contribution is 2.30. The summed E-state index contributed by atoms with van der Waals surface area (Å²) in [6, 6.07) is 6.11. The Morgan fingerprint density at radius 3 is 3.05 bits per heavy atom. The molecule has 0 atom stereocenters. The van der Waals surface area contributed by atoms with E-state index in [1.165, 1.54) is 24.1 Å². The van der Waals surface area contributed by atoms with Gasteiger partial charge in [0.25, 0.3) is 0 Å². The van der Waals surface area contributed by atoms with Crippen LogP contribution in [0.3, 0.4) is 0 Å². The number of rotatable bonds is 7. The molecule has 108 valence electrons. The van der Waals surface area contributed by atoms with Crippen LogP contribution >= 0.6 is 0 Å². The maximum absolute atomic E-state index is 12.4. The summed E-state index contributed by atoms with van der Waals surface area (Å²) in [4.78, 5) is 4.66. The van der Waals surface area contributed by atoms with Crippen molar-refractivity contribution in [3.8, 4) is 0 Å². The van der Waals surface area contributed by atoms with Gasteiger partial charge in [0, 0.05) is 30.9 Å². The number of benzene rings is 1. The van der Waals surface area contributed by atoms with Crippen LogP contribution in [0.2, 0.25) is 0 Å². The fourth-order valence-corrected chi connectivity index (χ4v) is 2.27. The van der Waals surface area contributed by atoms with Gasteiger partial charge in [0.1, 0.15) is 0 Å². The second-order valence-electron chi connectivity index (χ2n) is 5.13. The minimum Gasteiger partial charge on any atom is -0.381 e. The Balaban J connectivity index is 1.96. The van der Waals surface area contributed by atoms with Crippen LogP contribution in [0, 0.1) is 0 Å². The Morgan fingerprint density at radius 1 is 1.50 bits per heavy atom. The lowest BCUT2D eigenvalue weighted by Gasteiger charge is -2.08. The lowest BCUT2D eigenvalue weighted by Crippen LogP contribution is -2.12. The number of unbranched alkanes of at least 4 members (excludes halogenated alkanes) is 1. The average Bonchev–Trinajstić information content (AvgIpc) is 2.88. The third-order valence-electron chi connectivity index (χ3n) is 3.51. The Hall–Kier alpha value is -1.68. The molecule has 2 rings (SSSR count). The molecule has 1 aliphatic heterocycles. The van der Waals surface area contributed by atoms with E-state index in [1.54, 1.807) is 0 Å². The highest BCUT2D eigenvalue weighted by atomic mass is 19.1. The van der Waals surface area contributed by atoms with Crippen LogP contribution in [0.1, 0.15) is 31.7 Å². The van der Waals surface area contributed by atoms with Crippen LogP contribution in [0.15, 0.2) is 35.1 Å². The van der Waals surface area contributed by atoms with E-state index < -0.39 is 0 Å². The zero-order chi connectivity index (χ0) is 14.4. The molecule has 1 aliphatic rings. The standard InChI is InChI=1S/C16H22FN3/c1-2-3-4-15-8-13-7-14(5-6-16(13)20-15)19-11-12(9-17)10-18/h5-7,9,19H,2-4,8,10-11,18H2,1H3/b12-9-. The first-order valence-corrected chi connectivity index (χ1v) is 7.18. The Bertz CT molecular complexity index is 520. The second kappa shape index (κ2) is 7.20. The van der Waals surface area contributed by atoms with E-state index in [2.05, 4.69) is 23.3 Å². The first-order chi connectivity index (χ1) is 9.76. The summed E-state index contributed by atoms with van der Waals surface area (Å²) in [5.74, 6) is 0. The van der Waals surface area contributed by atoms with E-state index in [9.17, 15) is 4.39 Å². The maximum Gasteiger partial charge on any atom is 0.0889 e. The number of aliphatic imine (C=N–C) groups is 1. The summed E-state index contributed by atoms with van der Waals surface area (Å²) in [5.41, 5.74) is 10.6. The van der Waals surface area contributed by atoms with Gasteiger partial charge in [-0.25, -0.2) is 4.39 Å². The Kier molecular flexibility index (Phi) is 5.30. The van der Waals surface area contributed by atoms with E-state index in [-0.39, 0.29) is 6.54 Å². The maximum atomic E-state index is 12.4. The highest BCUT2D eigenvalue weighted by Gasteiger charge is 2.14. The van der Waals surface area contributed by atoms with Gasteiger partial charge in [0.2, 0.25) is 0 Å². The van der Waals surface area contributed by atoms with Crippen LogP contribution in [-0.2, 0) is 6.42 Å². The molecule has 0 fully saturated rings. The smallest absolute Gasteiger partial charge is 0.0889 e. The molecular weight excluding hydrogens is 253 g/mol. The molecule has 0 unspecified atom stereocenters. The van der Waals surface area contributed by atoms with E-state index in [4.69, 9.17) is 5.73 Å². The number of hydrogen-bond acceptors (Lipinski definition) is 3. The van der Waals surface area contributed by atoms with Crippen molar-refractivity contribution in [3.05, 3.63) is 35.7 Å². The Labute approximate surface area is 119 Å². The number of anilines is 1. The molecule has 0 aromatic heterocycles. The third-order valence-corrected chi connectivity index (χ3v) is 3.51. The second-order valence-corrected chi connectivity index (χ2v) is 5.13. The predicted octanol–water partition coefficient (Wildman–Crippen LogP) is 3.73. The molecule has 0 aliphatic carbocycles. The van der Waals surface area contributed by atoms with Crippen molar-refractivity contribution in [1.29, 1.82) is 0 Å². The van der Waals surface area contributed by atoms with Gasteiger partial charge in [-0.2, -0.15) is 0 Å². The molecule has 20 heavy (non-hydrogen) atoms. The van der Waals surface area contributed by atoms with Crippen LogP contribution in [0.5, 0.6) is 0 Å². The van der Waals surface area contributed by atoms with Crippen LogP contribution < -0.4 is 11.1 Å². The minimum atomic E-state index is 0.235. The number of hydrogen-bond donors (Lipinski definition) is 2. The molecule has 0 radical (unpaired) electrons. The number of fused-ring (bicyclic) bond motifs is 1. The molecule has 0 amide bonds. The molecule has 0 saturated heterocycles. The monoisotopic (exact) mass is 275 g/mol. The molecule has 1 aromatic carbocycles. The fraction of sp³-hybridized carbons (Fsp3) is 0.438. The average molecular weight is 275 g/mol. The van der Waals surface area contributed by atoms with Crippen molar-refractivity contribution in [3.63, 3.8) is 0 Å². The molecule has 1 aromatic rings. The number of nitrogens with one attached hydrogen (secondary N) is 1. The van der Waals surface area contributed by atoms with E-state index in [0.717, 1.165) is 24.2 Å². The molecule has 0 spiro atoms. The van der Waals surface area contributed by atoms with Crippen LogP contribution in [0.4, 0.5) is 15.8 Å². The molecular formula is C16H22FN3. The summed E-state index contributed by atoms with van der Waals surface area (Å²) < 4.78 is 12.4. The van der Waals surface area contributed by atoms with Gasteiger partial charge in [-0.1, -0.05) is 13.3 Å². The normalized spacial score (nSPS) is 14.2. The van der Waals surface area contributed by atoms with E-state index in [1.807, 2.05) is 12.1 Å². The van der Waals surface area contributed by atoms with Gasteiger partial charge >= 0.3 is 0 Å². The zero-order valence-electron chi connectivity index (χ0n) is 12.0. The summed E-state index contributed by atoms with van der Waals surface area (Å²) in [6.45, 7) is 2.87. The van der Waals surface area contributed by atoms with Crippen LogP contribution in [-0.4, -0.2) is 18.8 Å². The quantitative estimate of drug-likeness (QED) is 0.796. The third kappa shape index (κ3) is 3.67. The molecule has 4 heteroatoms. The first-order valence-electron chi connectivity index (χ1n) is 7.18. The van der Waals surface area contributed by atoms with Crippen LogP contribution in [0.25, 0.3) is 0 Å². The van der Waals surface area contributed by atoms with Gasteiger partial charge in [-0.3, -0.25) is 4.99 Å². The largest absolute Gasteiger partial charge is 0.381 e. The molecule has 0 saturated carbocycles.